The fraction of sp³-hybridized carbons (Fsp3) is 0.294. The van der Waals surface area contributed by atoms with Crippen LogP contribution in [-0.4, -0.2) is 15.2 Å². The minimum atomic E-state index is -0.393. The van der Waals surface area contributed by atoms with Crippen molar-refractivity contribution in [2.45, 2.75) is 32.0 Å². The molecule has 4 rings (SSSR count). The molecule has 2 heterocycles. The van der Waals surface area contributed by atoms with Gasteiger partial charge in [-0.1, -0.05) is 17.3 Å². The number of fused-ring (bicyclic) bond motifs is 1. The predicted molar refractivity (Wildman–Crippen MR) is 86.3 cm³/mol. The van der Waals surface area contributed by atoms with E-state index >= 15 is 0 Å². The van der Waals surface area contributed by atoms with Gasteiger partial charge in [0, 0.05) is 10.9 Å². The normalized spacial score (nSPS) is 17.0. The number of aromatic nitrogens is 2. The van der Waals surface area contributed by atoms with Crippen LogP contribution in [0.3, 0.4) is 0 Å². The summed E-state index contributed by atoms with van der Waals surface area (Å²) in [5.41, 5.74) is 3.01. The molecule has 23 heavy (non-hydrogen) atoms. The van der Waals surface area contributed by atoms with Gasteiger partial charge in [-0.15, -0.1) is 0 Å². The predicted octanol–water partition coefficient (Wildman–Crippen LogP) is 3.75. The molecule has 6 heteroatoms. The first kappa shape index (κ1) is 14.4. The molecule has 3 aromatic rings. The third kappa shape index (κ3) is 2.87. The van der Waals surface area contributed by atoms with Crippen LogP contribution >= 0.6 is 11.3 Å². The fourth-order valence-electron chi connectivity index (χ4n) is 2.89. The van der Waals surface area contributed by atoms with Crippen molar-refractivity contribution in [1.82, 2.24) is 10.1 Å². The van der Waals surface area contributed by atoms with E-state index in [0.717, 1.165) is 41.7 Å². The van der Waals surface area contributed by atoms with Crippen LogP contribution in [0.2, 0.25) is 0 Å². The van der Waals surface area contributed by atoms with Gasteiger partial charge in [0.25, 0.3) is 5.89 Å². The van der Waals surface area contributed by atoms with E-state index < -0.39 is 6.10 Å². The Morgan fingerprint density at radius 3 is 3.17 bits per heavy atom. The van der Waals surface area contributed by atoms with Gasteiger partial charge in [0.1, 0.15) is 5.75 Å². The van der Waals surface area contributed by atoms with Crippen LogP contribution in [0.5, 0.6) is 5.75 Å². The highest BCUT2D eigenvalue weighted by Crippen LogP contribution is 2.35. The van der Waals surface area contributed by atoms with Gasteiger partial charge in [0.05, 0.1) is 6.10 Å². The average Bonchev–Trinajstić information content (AvgIpc) is 3.25. The number of hydrogen-bond donors (Lipinski definition) is 1. The van der Waals surface area contributed by atoms with E-state index in [1.165, 1.54) is 0 Å². The zero-order valence-electron chi connectivity index (χ0n) is 12.4. The van der Waals surface area contributed by atoms with Gasteiger partial charge >= 0.3 is 0 Å². The molecule has 5 nitrogen and oxygen atoms in total. The topological polar surface area (TPSA) is 68.4 Å². The lowest BCUT2D eigenvalue weighted by Gasteiger charge is -2.23. The van der Waals surface area contributed by atoms with E-state index in [1.54, 1.807) is 11.3 Å². The Bertz CT molecular complexity index is 798. The summed E-state index contributed by atoms with van der Waals surface area (Å²) in [6.07, 6.45) is 2.31. The molecule has 0 unspecified atom stereocenters. The standard InChI is InChI=1S/C17H16N2O3S/c20-14-5-1-4-13-12(14)3-2-6-15(13)21-9-16-18-17(19-22-16)11-7-8-23-10-11/h2-3,6-8,10,14,20H,1,4-5,9H2/t14-/m1/s1. The molecule has 0 aliphatic heterocycles. The van der Waals surface area contributed by atoms with Gasteiger partial charge in [-0.2, -0.15) is 16.3 Å². The van der Waals surface area contributed by atoms with Gasteiger partial charge in [0.2, 0.25) is 5.82 Å². The average molecular weight is 328 g/mol. The molecule has 0 bridgehead atoms. The number of benzene rings is 1. The Balaban J connectivity index is 1.51. The maximum atomic E-state index is 10.1. The molecule has 2 aromatic heterocycles. The Morgan fingerprint density at radius 1 is 1.35 bits per heavy atom. The van der Waals surface area contributed by atoms with Crippen molar-refractivity contribution in [3.63, 3.8) is 0 Å². The van der Waals surface area contributed by atoms with E-state index in [4.69, 9.17) is 9.26 Å². The molecule has 1 aliphatic rings. The van der Waals surface area contributed by atoms with E-state index in [0.29, 0.717) is 11.7 Å². The number of thiophene rings is 1. The van der Waals surface area contributed by atoms with Crippen LogP contribution in [0.15, 0.2) is 39.5 Å². The molecule has 1 atom stereocenters. The molecular formula is C17H16N2O3S. The number of rotatable bonds is 4. The smallest absolute Gasteiger partial charge is 0.264 e. The largest absolute Gasteiger partial charge is 0.483 e. The van der Waals surface area contributed by atoms with Crippen molar-refractivity contribution in [1.29, 1.82) is 0 Å². The highest BCUT2D eigenvalue weighted by molar-refractivity contribution is 7.08. The molecule has 0 spiro atoms. The Morgan fingerprint density at radius 2 is 2.30 bits per heavy atom. The van der Waals surface area contributed by atoms with Crippen LogP contribution < -0.4 is 4.74 Å². The Kier molecular flexibility index (Phi) is 3.85. The quantitative estimate of drug-likeness (QED) is 0.790. The molecule has 1 N–H and O–H groups in total. The zero-order valence-corrected chi connectivity index (χ0v) is 13.3. The van der Waals surface area contributed by atoms with Crippen LogP contribution in [0, 0.1) is 0 Å². The SMILES string of the molecule is O[C@@H]1CCCc2c(OCc3nc(-c4ccsc4)no3)cccc21. The van der Waals surface area contributed by atoms with Crippen LogP contribution in [0.1, 0.15) is 36.0 Å². The van der Waals surface area contributed by atoms with E-state index in [1.807, 2.05) is 35.0 Å². The molecule has 0 saturated heterocycles. The Hall–Kier alpha value is -2.18. The second-order valence-electron chi connectivity index (χ2n) is 5.54. The molecule has 0 fully saturated rings. The van der Waals surface area contributed by atoms with E-state index in [-0.39, 0.29) is 6.61 Å². The summed E-state index contributed by atoms with van der Waals surface area (Å²) in [6, 6.07) is 7.75. The van der Waals surface area contributed by atoms with Crippen molar-refractivity contribution in [2.24, 2.45) is 0 Å². The van der Waals surface area contributed by atoms with Crippen molar-refractivity contribution >= 4 is 11.3 Å². The highest BCUT2D eigenvalue weighted by atomic mass is 32.1. The molecule has 0 saturated carbocycles. The van der Waals surface area contributed by atoms with Crippen LogP contribution in [-0.2, 0) is 13.0 Å². The second-order valence-corrected chi connectivity index (χ2v) is 6.32. The van der Waals surface area contributed by atoms with Crippen molar-refractivity contribution in [3.8, 4) is 17.1 Å². The van der Waals surface area contributed by atoms with E-state index in [9.17, 15) is 5.11 Å². The summed E-state index contributed by atoms with van der Waals surface area (Å²) in [5.74, 6) is 1.81. The van der Waals surface area contributed by atoms with Gasteiger partial charge in [-0.05, 0) is 47.9 Å². The first-order valence-corrected chi connectivity index (χ1v) is 8.53. The van der Waals surface area contributed by atoms with Crippen molar-refractivity contribution in [3.05, 3.63) is 52.0 Å². The van der Waals surface area contributed by atoms with Gasteiger partial charge < -0.3 is 14.4 Å². The van der Waals surface area contributed by atoms with Crippen LogP contribution in [0.4, 0.5) is 0 Å². The summed E-state index contributed by atoms with van der Waals surface area (Å²) in [5, 5.41) is 18.0. The maximum Gasteiger partial charge on any atom is 0.264 e. The number of nitrogens with zero attached hydrogens (tertiary/aromatic N) is 2. The molecule has 0 radical (unpaired) electrons. The third-order valence-electron chi connectivity index (χ3n) is 4.03. The zero-order chi connectivity index (χ0) is 15.6. The number of hydrogen-bond acceptors (Lipinski definition) is 6. The van der Waals surface area contributed by atoms with Gasteiger partial charge in [-0.3, -0.25) is 0 Å². The molecular weight excluding hydrogens is 312 g/mol. The summed E-state index contributed by atoms with van der Waals surface area (Å²) >= 11 is 1.59. The van der Waals surface area contributed by atoms with Gasteiger partial charge in [-0.25, -0.2) is 0 Å². The lowest BCUT2D eigenvalue weighted by Crippen LogP contribution is -2.11. The molecule has 0 amide bonds. The fourth-order valence-corrected chi connectivity index (χ4v) is 3.52. The second kappa shape index (κ2) is 6.14. The van der Waals surface area contributed by atoms with Gasteiger partial charge in [0.15, 0.2) is 6.61 Å². The lowest BCUT2D eigenvalue weighted by atomic mass is 9.89. The summed E-state index contributed by atoms with van der Waals surface area (Å²) in [6.45, 7) is 0.226. The van der Waals surface area contributed by atoms with Crippen molar-refractivity contribution in [2.75, 3.05) is 0 Å². The third-order valence-corrected chi connectivity index (χ3v) is 4.71. The first-order chi connectivity index (χ1) is 11.3. The summed E-state index contributed by atoms with van der Waals surface area (Å²) in [7, 11) is 0. The first-order valence-electron chi connectivity index (χ1n) is 7.59. The van der Waals surface area contributed by atoms with Crippen LogP contribution in [0.25, 0.3) is 11.4 Å². The Labute approximate surface area is 137 Å². The molecule has 1 aliphatic carbocycles. The maximum absolute atomic E-state index is 10.1. The molecule has 118 valence electrons. The summed E-state index contributed by atoms with van der Waals surface area (Å²) in [4.78, 5) is 4.35. The van der Waals surface area contributed by atoms with Crippen molar-refractivity contribution < 1.29 is 14.4 Å². The number of aliphatic hydroxyl groups is 1. The number of aliphatic hydroxyl groups excluding tert-OH is 1. The minimum Gasteiger partial charge on any atom is -0.483 e. The lowest BCUT2D eigenvalue weighted by molar-refractivity contribution is 0.154. The summed E-state index contributed by atoms with van der Waals surface area (Å²) < 4.78 is 11.1. The minimum absolute atomic E-state index is 0.226. The highest BCUT2D eigenvalue weighted by Gasteiger charge is 2.21. The number of ether oxygens (including phenoxy) is 1. The molecule has 1 aromatic carbocycles. The van der Waals surface area contributed by atoms with E-state index in [2.05, 4.69) is 10.1 Å². The monoisotopic (exact) mass is 328 g/mol.